The lowest BCUT2D eigenvalue weighted by Gasteiger charge is -2.07. The number of nitrogens with one attached hydrogen (secondary N) is 1. The maximum Gasteiger partial charge on any atom is 0.311 e. The van der Waals surface area contributed by atoms with E-state index in [2.05, 4.69) is 10.5 Å². The zero-order chi connectivity index (χ0) is 18.4. The smallest absolute Gasteiger partial charge is 0.311 e. The summed E-state index contributed by atoms with van der Waals surface area (Å²) >= 11 is 0. The summed E-state index contributed by atoms with van der Waals surface area (Å²) in [6, 6.07) is 9.49. The Morgan fingerprint density at radius 2 is 2.08 bits per heavy atom. The third-order valence-corrected chi connectivity index (χ3v) is 3.48. The van der Waals surface area contributed by atoms with Crippen LogP contribution in [-0.4, -0.2) is 28.8 Å². The van der Waals surface area contributed by atoms with Crippen molar-refractivity contribution in [2.24, 2.45) is 5.10 Å². The van der Waals surface area contributed by atoms with Crippen LogP contribution < -0.4 is 10.2 Å². The molecule has 1 amide bonds. The molecule has 0 atom stereocenters. The number of hydrazone groups is 1. The summed E-state index contributed by atoms with van der Waals surface area (Å²) in [6.45, 7) is 3.68. The van der Waals surface area contributed by atoms with Gasteiger partial charge >= 0.3 is 5.69 Å². The van der Waals surface area contributed by atoms with Crippen LogP contribution in [0.4, 0.5) is 5.69 Å². The number of rotatable bonds is 6. The summed E-state index contributed by atoms with van der Waals surface area (Å²) in [5.74, 6) is -0.449. The van der Waals surface area contributed by atoms with E-state index in [1.807, 2.05) is 26.0 Å². The van der Waals surface area contributed by atoms with Crippen LogP contribution >= 0.6 is 0 Å². The lowest BCUT2D eigenvalue weighted by Crippen LogP contribution is -2.24. The van der Waals surface area contributed by atoms with Gasteiger partial charge in [0.15, 0.2) is 6.61 Å². The molecule has 0 fully saturated rings. The van der Waals surface area contributed by atoms with Crippen LogP contribution in [-0.2, 0) is 4.79 Å². The van der Waals surface area contributed by atoms with E-state index in [-0.39, 0.29) is 12.2 Å². The fourth-order valence-corrected chi connectivity index (χ4v) is 1.96. The van der Waals surface area contributed by atoms with E-state index in [0.29, 0.717) is 5.75 Å². The van der Waals surface area contributed by atoms with Crippen LogP contribution in [0.2, 0.25) is 0 Å². The van der Waals surface area contributed by atoms with Crippen molar-refractivity contribution in [1.82, 2.24) is 5.43 Å². The number of benzene rings is 2. The first-order chi connectivity index (χ1) is 11.9. The molecule has 130 valence electrons. The standard InChI is InChI=1S/C17H17N3O5/c1-11-6-7-14(8-12(11)2)25-10-16(21)19-18-9-13-4-3-5-15(17(13)22)20(23)24/h3-9,22H,10H2,1-2H3,(H,19,21)/b18-9+. The van der Waals surface area contributed by atoms with E-state index in [9.17, 15) is 20.0 Å². The average Bonchev–Trinajstić information content (AvgIpc) is 2.57. The van der Waals surface area contributed by atoms with Crippen molar-refractivity contribution in [3.05, 3.63) is 63.2 Å². The predicted octanol–water partition coefficient (Wildman–Crippen LogP) is 2.45. The Kier molecular flexibility index (Phi) is 5.67. The molecule has 0 saturated carbocycles. The van der Waals surface area contributed by atoms with E-state index < -0.39 is 22.3 Å². The van der Waals surface area contributed by atoms with Gasteiger partial charge in [-0.15, -0.1) is 0 Å². The van der Waals surface area contributed by atoms with Gasteiger partial charge in [0.1, 0.15) is 5.75 Å². The number of hydrogen-bond acceptors (Lipinski definition) is 6. The summed E-state index contributed by atoms with van der Waals surface area (Å²) in [5, 5.41) is 24.1. The van der Waals surface area contributed by atoms with Gasteiger partial charge in [-0.05, 0) is 43.2 Å². The number of para-hydroxylation sites is 1. The number of carbonyl (C=O) groups is 1. The summed E-state index contributed by atoms with van der Waals surface area (Å²) in [5.41, 5.74) is 4.08. The minimum Gasteiger partial charge on any atom is -0.502 e. The minimum atomic E-state index is -0.706. The van der Waals surface area contributed by atoms with Gasteiger partial charge in [-0.25, -0.2) is 5.43 Å². The van der Waals surface area contributed by atoms with Gasteiger partial charge in [-0.1, -0.05) is 12.1 Å². The third kappa shape index (κ3) is 4.77. The highest BCUT2D eigenvalue weighted by Gasteiger charge is 2.15. The number of hydrogen-bond donors (Lipinski definition) is 2. The number of ether oxygens (including phenoxy) is 1. The molecule has 0 aliphatic rings. The average molecular weight is 343 g/mol. The zero-order valence-corrected chi connectivity index (χ0v) is 13.7. The molecule has 0 bridgehead atoms. The maximum absolute atomic E-state index is 11.7. The molecule has 0 heterocycles. The number of carbonyl (C=O) groups excluding carboxylic acids is 1. The van der Waals surface area contributed by atoms with Crippen LogP contribution in [0.25, 0.3) is 0 Å². The van der Waals surface area contributed by atoms with E-state index in [0.717, 1.165) is 17.3 Å². The number of nitro benzene ring substituents is 1. The molecular formula is C17H17N3O5. The molecule has 0 aliphatic heterocycles. The number of nitro groups is 1. The van der Waals surface area contributed by atoms with Gasteiger partial charge in [-0.2, -0.15) is 5.10 Å². The second-order valence-electron chi connectivity index (χ2n) is 5.30. The van der Waals surface area contributed by atoms with Gasteiger partial charge in [0, 0.05) is 11.6 Å². The lowest BCUT2D eigenvalue weighted by atomic mass is 10.1. The molecule has 0 aromatic heterocycles. The quantitative estimate of drug-likeness (QED) is 0.475. The van der Waals surface area contributed by atoms with Crippen molar-refractivity contribution >= 4 is 17.8 Å². The van der Waals surface area contributed by atoms with Crippen LogP contribution in [0.15, 0.2) is 41.5 Å². The Bertz CT molecular complexity index is 833. The fraction of sp³-hybridized carbons (Fsp3) is 0.176. The minimum absolute atomic E-state index is 0.115. The summed E-state index contributed by atoms with van der Waals surface area (Å²) < 4.78 is 5.36. The van der Waals surface area contributed by atoms with Crippen LogP contribution in [0, 0.1) is 24.0 Å². The van der Waals surface area contributed by atoms with Gasteiger partial charge in [0.05, 0.1) is 11.1 Å². The van der Waals surface area contributed by atoms with Crippen LogP contribution in [0.5, 0.6) is 11.5 Å². The largest absolute Gasteiger partial charge is 0.502 e. The molecule has 0 radical (unpaired) electrons. The Balaban J connectivity index is 1.91. The molecule has 2 aromatic rings. The summed E-state index contributed by atoms with van der Waals surface area (Å²) in [4.78, 5) is 21.7. The van der Waals surface area contributed by atoms with Crippen molar-refractivity contribution in [1.29, 1.82) is 0 Å². The molecule has 0 saturated heterocycles. The molecule has 0 spiro atoms. The number of phenolic OH excluding ortho intramolecular Hbond substituents is 1. The highest BCUT2D eigenvalue weighted by Crippen LogP contribution is 2.27. The molecule has 8 nitrogen and oxygen atoms in total. The maximum atomic E-state index is 11.7. The first-order valence-corrected chi connectivity index (χ1v) is 7.37. The first-order valence-electron chi connectivity index (χ1n) is 7.37. The van der Waals surface area contributed by atoms with E-state index in [1.165, 1.54) is 18.2 Å². The Morgan fingerprint density at radius 1 is 1.32 bits per heavy atom. The highest BCUT2D eigenvalue weighted by molar-refractivity contribution is 5.87. The molecule has 2 aromatic carbocycles. The van der Waals surface area contributed by atoms with E-state index in [1.54, 1.807) is 6.07 Å². The number of nitrogens with zero attached hydrogens (tertiary/aromatic N) is 2. The summed E-state index contributed by atoms with van der Waals surface area (Å²) in [7, 11) is 0. The van der Waals surface area contributed by atoms with Crippen LogP contribution in [0.1, 0.15) is 16.7 Å². The molecule has 2 N–H and O–H groups in total. The van der Waals surface area contributed by atoms with E-state index in [4.69, 9.17) is 4.74 Å². The molecule has 0 aliphatic carbocycles. The van der Waals surface area contributed by atoms with Crippen LogP contribution in [0.3, 0.4) is 0 Å². The third-order valence-electron chi connectivity index (χ3n) is 3.48. The van der Waals surface area contributed by atoms with Gasteiger partial charge < -0.3 is 9.84 Å². The predicted molar refractivity (Wildman–Crippen MR) is 91.9 cm³/mol. The molecule has 25 heavy (non-hydrogen) atoms. The zero-order valence-electron chi connectivity index (χ0n) is 13.7. The van der Waals surface area contributed by atoms with Gasteiger partial charge in [0.2, 0.25) is 5.75 Å². The van der Waals surface area contributed by atoms with Crippen molar-refractivity contribution in [3.63, 3.8) is 0 Å². The molecule has 2 rings (SSSR count). The molecule has 8 heteroatoms. The van der Waals surface area contributed by atoms with Crippen molar-refractivity contribution in [2.45, 2.75) is 13.8 Å². The SMILES string of the molecule is Cc1ccc(OCC(=O)N/N=C/c2cccc([N+](=O)[O-])c2O)cc1C. The van der Waals surface area contributed by atoms with Crippen molar-refractivity contribution in [3.8, 4) is 11.5 Å². The molecular weight excluding hydrogens is 326 g/mol. The Morgan fingerprint density at radius 3 is 2.76 bits per heavy atom. The number of phenols is 1. The van der Waals surface area contributed by atoms with E-state index >= 15 is 0 Å². The number of aryl methyl sites for hydroxylation is 2. The Hall–Kier alpha value is -3.42. The monoisotopic (exact) mass is 343 g/mol. The number of aromatic hydroxyl groups is 1. The second kappa shape index (κ2) is 7.91. The lowest BCUT2D eigenvalue weighted by molar-refractivity contribution is -0.385. The second-order valence-corrected chi connectivity index (χ2v) is 5.30. The first kappa shape index (κ1) is 17.9. The number of amides is 1. The Labute approximate surface area is 143 Å². The van der Waals surface area contributed by atoms with Gasteiger partial charge in [-0.3, -0.25) is 14.9 Å². The summed E-state index contributed by atoms with van der Waals surface area (Å²) in [6.07, 6.45) is 1.12. The van der Waals surface area contributed by atoms with Gasteiger partial charge in [0.25, 0.3) is 5.91 Å². The molecule has 0 unspecified atom stereocenters. The fourth-order valence-electron chi connectivity index (χ4n) is 1.96. The topological polar surface area (TPSA) is 114 Å². The normalized spacial score (nSPS) is 10.6. The van der Waals surface area contributed by atoms with Crippen molar-refractivity contribution in [2.75, 3.05) is 6.61 Å². The highest BCUT2D eigenvalue weighted by atomic mass is 16.6. The van der Waals surface area contributed by atoms with Crippen molar-refractivity contribution < 1.29 is 19.6 Å².